The number of unbranched alkanes of at least 4 members (excludes halogenated alkanes) is 1. The molecule has 34 heavy (non-hydrogen) atoms. The first-order valence-electron chi connectivity index (χ1n) is 10.6. The number of amides is 1. The molecule has 0 N–H and O–H groups in total. The van der Waals surface area contributed by atoms with Crippen LogP contribution in [0.4, 0.5) is 5.69 Å². The minimum atomic E-state index is -3.66. The van der Waals surface area contributed by atoms with Crippen LogP contribution in [0.25, 0.3) is 10.2 Å². The molecule has 0 spiro atoms. The van der Waals surface area contributed by atoms with Gasteiger partial charge in [0.2, 0.25) is 10.0 Å². The number of nitrogens with zero attached hydrogens (tertiary/aromatic N) is 4. The fourth-order valence-corrected chi connectivity index (χ4v) is 5.91. The van der Waals surface area contributed by atoms with Crippen LogP contribution in [0.15, 0.2) is 52.4 Å². The number of thiazole rings is 1. The van der Waals surface area contributed by atoms with Crippen molar-refractivity contribution < 1.29 is 18.1 Å². The predicted octanol–water partition coefficient (Wildman–Crippen LogP) is 3.80. The zero-order valence-corrected chi connectivity index (χ0v) is 20.4. The molecule has 0 radical (unpaired) electrons. The van der Waals surface area contributed by atoms with Crippen molar-refractivity contribution in [1.29, 1.82) is 0 Å². The zero-order valence-electron chi connectivity index (χ0n) is 18.8. The molecule has 9 nitrogen and oxygen atoms in total. The Balaban J connectivity index is 1.96. The molecular weight excluding hydrogens is 476 g/mol. The van der Waals surface area contributed by atoms with Gasteiger partial charge in [0.05, 0.1) is 26.6 Å². The molecule has 0 bridgehead atoms. The number of terminal acetylenes is 1. The lowest BCUT2D eigenvalue weighted by atomic mass is 10.2. The number of hydrogen-bond donors (Lipinski definition) is 0. The molecule has 0 aliphatic carbocycles. The highest BCUT2D eigenvalue weighted by Gasteiger charge is 2.22. The van der Waals surface area contributed by atoms with Crippen molar-refractivity contribution in [3.8, 4) is 12.3 Å². The lowest BCUT2D eigenvalue weighted by Crippen LogP contribution is -2.31. The van der Waals surface area contributed by atoms with Gasteiger partial charge >= 0.3 is 0 Å². The van der Waals surface area contributed by atoms with Crippen LogP contribution in [0.2, 0.25) is 0 Å². The van der Waals surface area contributed by atoms with Gasteiger partial charge in [-0.15, -0.1) is 6.42 Å². The van der Waals surface area contributed by atoms with E-state index in [1.165, 1.54) is 40.7 Å². The number of carbonyl (C=O) groups excluding carboxylic acids is 1. The molecule has 3 aromatic rings. The standard InChI is InChI=1S/C23H24N4O5S2/c1-4-7-15-25(6-3)34(31,32)19-11-8-17(9-12-19)22(28)24-23-26(14-5-2)20-13-10-18(27(29)30)16-21(20)33-23/h2,8-13,16H,4,6-7,14-15H2,1,3H3. The average molecular weight is 501 g/mol. The van der Waals surface area contributed by atoms with Crippen molar-refractivity contribution >= 4 is 43.2 Å². The van der Waals surface area contributed by atoms with E-state index < -0.39 is 20.9 Å². The number of non-ortho nitro benzene ring substituents is 1. The average Bonchev–Trinajstić information content (AvgIpc) is 3.15. The largest absolute Gasteiger partial charge is 0.305 e. The summed E-state index contributed by atoms with van der Waals surface area (Å²) in [6, 6.07) is 10.0. The van der Waals surface area contributed by atoms with Crippen LogP contribution >= 0.6 is 11.3 Å². The molecule has 0 aliphatic rings. The van der Waals surface area contributed by atoms with Gasteiger partial charge in [0.25, 0.3) is 11.6 Å². The smallest absolute Gasteiger partial charge is 0.279 e. The molecule has 0 atom stereocenters. The Hall–Kier alpha value is -3.33. The monoisotopic (exact) mass is 500 g/mol. The Morgan fingerprint density at radius 2 is 1.94 bits per heavy atom. The fourth-order valence-electron chi connectivity index (χ4n) is 3.36. The quantitative estimate of drug-likeness (QED) is 0.252. The normalized spacial score (nSPS) is 12.2. The second-order valence-corrected chi connectivity index (χ2v) is 10.3. The predicted molar refractivity (Wildman–Crippen MR) is 131 cm³/mol. The van der Waals surface area contributed by atoms with E-state index in [1.54, 1.807) is 17.6 Å². The third-order valence-corrected chi connectivity index (χ3v) is 8.21. The Labute approximate surface area is 201 Å². The van der Waals surface area contributed by atoms with Crippen molar-refractivity contribution in [1.82, 2.24) is 8.87 Å². The summed E-state index contributed by atoms with van der Waals surface area (Å²) in [5.74, 6) is 1.93. The van der Waals surface area contributed by atoms with E-state index in [4.69, 9.17) is 6.42 Å². The number of rotatable bonds is 9. The molecule has 1 heterocycles. The van der Waals surface area contributed by atoms with Crippen LogP contribution in [-0.2, 0) is 16.6 Å². The highest BCUT2D eigenvalue weighted by Crippen LogP contribution is 2.23. The number of nitro benzene ring substituents is 1. The first-order valence-corrected chi connectivity index (χ1v) is 12.9. The molecule has 0 saturated heterocycles. The van der Waals surface area contributed by atoms with Gasteiger partial charge in [0.15, 0.2) is 4.80 Å². The Kier molecular flexibility index (Phi) is 7.98. The SMILES string of the molecule is C#CCn1c(=NC(=O)c2ccc(S(=O)(=O)N(CC)CCCC)cc2)sc2cc([N+](=O)[O-])ccc21. The number of fused-ring (bicyclic) bond motifs is 1. The Bertz CT molecular complexity index is 1430. The molecule has 0 unspecified atom stereocenters. The summed E-state index contributed by atoms with van der Waals surface area (Å²) in [6.45, 7) is 4.71. The van der Waals surface area contributed by atoms with Crippen molar-refractivity contribution in [3.63, 3.8) is 0 Å². The van der Waals surface area contributed by atoms with Gasteiger partial charge in [0.1, 0.15) is 0 Å². The third-order valence-electron chi connectivity index (χ3n) is 5.18. The maximum Gasteiger partial charge on any atom is 0.279 e. The van der Waals surface area contributed by atoms with Gasteiger partial charge in [-0.25, -0.2) is 8.42 Å². The van der Waals surface area contributed by atoms with E-state index in [1.807, 2.05) is 6.92 Å². The van der Waals surface area contributed by atoms with Gasteiger partial charge in [-0.3, -0.25) is 14.9 Å². The van der Waals surface area contributed by atoms with E-state index in [9.17, 15) is 23.3 Å². The van der Waals surface area contributed by atoms with Gasteiger partial charge < -0.3 is 4.57 Å². The maximum absolute atomic E-state index is 12.9. The molecule has 0 aliphatic heterocycles. The van der Waals surface area contributed by atoms with Crippen molar-refractivity contribution in [2.24, 2.45) is 4.99 Å². The summed E-state index contributed by atoms with van der Waals surface area (Å²) in [6.07, 6.45) is 7.10. The first kappa shape index (κ1) is 25.3. The highest BCUT2D eigenvalue weighted by atomic mass is 32.2. The zero-order chi connectivity index (χ0) is 24.9. The molecule has 0 saturated carbocycles. The summed E-state index contributed by atoms with van der Waals surface area (Å²) >= 11 is 1.11. The number of benzene rings is 2. The number of carbonyl (C=O) groups is 1. The molecule has 3 rings (SSSR count). The number of sulfonamides is 1. The molecule has 0 fully saturated rings. The van der Waals surface area contributed by atoms with Crippen molar-refractivity contribution in [2.75, 3.05) is 13.1 Å². The second-order valence-electron chi connectivity index (χ2n) is 7.38. The summed E-state index contributed by atoms with van der Waals surface area (Å²) in [4.78, 5) is 28.0. The summed E-state index contributed by atoms with van der Waals surface area (Å²) in [5.41, 5.74) is 0.774. The van der Waals surface area contributed by atoms with Crippen LogP contribution in [-0.4, -0.2) is 41.2 Å². The van der Waals surface area contributed by atoms with Crippen molar-refractivity contribution in [3.05, 3.63) is 62.9 Å². The van der Waals surface area contributed by atoms with Crippen LogP contribution in [0.3, 0.4) is 0 Å². The molecular formula is C23H24N4O5S2. The van der Waals surface area contributed by atoms with E-state index in [0.29, 0.717) is 28.1 Å². The molecule has 2 aromatic carbocycles. The van der Waals surface area contributed by atoms with Crippen LogP contribution in [0, 0.1) is 22.5 Å². The minimum Gasteiger partial charge on any atom is -0.305 e. The first-order chi connectivity index (χ1) is 16.2. The second kappa shape index (κ2) is 10.7. The van der Waals surface area contributed by atoms with Gasteiger partial charge in [0, 0.05) is 30.8 Å². The van der Waals surface area contributed by atoms with E-state index in [-0.39, 0.29) is 22.7 Å². The summed E-state index contributed by atoms with van der Waals surface area (Å²) in [5, 5.41) is 11.1. The summed E-state index contributed by atoms with van der Waals surface area (Å²) in [7, 11) is -3.66. The van der Waals surface area contributed by atoms with Crippen molar-refractivity contribution in [2.45, 2.75) is 38.1 Å². The Morgan fingerprint density at radius 1 is 1.24 bits per heavy atom. The lowest BCUT2D eigenvalue weighted by molar-refractivity contribution is -0.384. The molecule has 1 aromatic heterocycles. The maximum atomic E-state index is 12.9. The van der Waals surface area contributed by atoms with E-state index in [0.717, 1.165) is 24.2 Å². The molecule has 11 heteroatoms. The fraction of sp³-hybridized carbons (Fsp3) is 0.304. The van der Waals surface area contributed by atoms with Crippen LogP contribution in [0.1, 0.15) is 37.0 Å². The third kappa shape index (κ3) is 5.25. The Morgan fingerprint density at radius 3 is 2.53 bits per heavy atom. The molecule has 1 amide bonds. The minimum absolute atomic E-state index is 0.0728. The van der Waals surface area contributed by atoms with Crippen LogP contribution in [0.5, 0.6) is 0 Å². The topological polar surface area (TPSA) is 115 Å². The number of nitro groups is 1. The van der Waals surface area contributed by atoms with Gasteiger partial charge in [-0.05, 0) is 36.8 Å². The lowest BCUT2D eigenvalue weighted by Gasteiger charge is -2.20. The van der Waals surface area contributed by atoms with E-state index in [2.05, 4.69) is 10.9 Å². The van der Waals surface area contributed by atoms with Crippen LogP contribution < -0.4 is 4.80 Å². The van der Waals surface area contributed by atoms with E-state index >= 15 is 0 Å². The van der Waals surface area contributed by atoms with Gasteiger partial charge in [-0.1, -0.05) is 37.5 Å². The summed E-state index contributed by atoms with van der Waals surface area (Å²) < 4.78 is 29.4. The molecule has 178 valence electrons. The number of hydrogen-bond acceptors (Lipinski definition) is 6. The highest BCUT2D eigenvalue weighted by molar-refractivity contribution is 7.89. The number of aromatic nitrogens is 1. The van der Waals surface area contributed by atoms with Gasteiger partial charge in [-0.2, -0.15) is 9.30 Å².